The minimum Gasteiger partial charge on any atom is -0.353 e. The summed E-state index contributed by atoms with van der Waals surface area (Å²) in [6.45, 7) is 3.10. The largest absolute Gasteiger partial charge is 0.353 e. The third kappa shape index (κ3) is 5.62. The van der Waals surface area contributed by atoms with Gasteiger partial charge in [-0.2, -0.15) is 0 Å². The fourth-order valence-electron chi connectivity index (χ4n) is 3.35. The molecule has 1 fully saturated rings. The molecule has 26 heavy (non-hydrogen) atoms. The number of carbonyl (C=O) groups excluding carboxylic acids is 1. The van der Waals surface area contributed by atoms with Gasteiger partial charge in [0.15, 0.2) is 0 Å². The van der Waals surface area contributed by atoms with Gasteiger partial charge in [0, 0.05) is 39.5 Å². The third-order valence-corrected chi connectivity index (χ3v) is 5.63. The molecule has 2 N–H and O–H groups in total. The van der Waals surface area contributed by atoms with Crippen LogP contribution in [0.3, 0.4) is 0 Å². The zero-order valence-corrected chi connectivity index (χ0v) is 16.7. The summed E-state index contributed by atoms with van der Waals surface area (Å²) in [5.41, 5.74) is 2.10. The Bertz CT molecular complexity index is 756. The molecule has 0 radical (unpaired) electrons. The molecule has 2 aromatic rings. The van der Waals surface area contributed by atoms with Crippen molar-refractivity contribution in [3.8, 4) is 0 Å². The number of halogens is 3. The van der Waals surface area contributed by atoms with Gasteiger partial charge in [-0.3, -0.25) is 4.79 Å². The van der Waals surface area contributed by atoms with Crippen LogP contribution in [-0.2, 0) is 17.8 Å². The molecule has 138 valence electrons. The Balaban J connectivity index is 1.44. The van der Waals surface area contributed by atoms with Crippen molar-refractivity contribution in [1.29, 1.82) is 0 Å². The van der Waals surface area contributed by atoms with Crippen molar-refractivity contribution in [3.05, 3.63) is 68.7 Å². The number of piperidine rings is 1. The van der Waals surface area contributed by atoms with Gasteiger partial charge < -0.3 is 10.2 Å². The number of hydrogen-bond acceptors (Lipinski definition) is 1. The van der Waals surface area contributed by atoms with Crippen LogP contribution in [0.25, 0.3) is 0 Å². The highest BCUT2D eigenvalue weighted by Gasteiger charge is 2.23. The second kappa shape index (κ2) is 9.09. The smallest absolute Gasteiger partial charge is 0.224 e. The molecule has 0 spiro atoms. The molecule has 3 nitrogen and oxygen atoms in total. The molecule has 0 bridgehead atoms. The minimum atomic E-state index is 0.0142. The van der Waals surface area contributed by atoms with Gasteiger partial charge in [-0.15, -0.1) is 0 Å². The Morgan fingerprint density at radius 2 is 1.65 bits per heavy atom. The standard InChI is InChI=1S/C20H21Cl3N2O/c21-16-4-1-14(2-5-16)13-25-9-7-18(8-10-25)24-20(26)11-15-3-6-17(22)12-19(15)23/h1-6,12,18H,7-11,13H2,(H,24,26)/p+1. The topological polar surface area (TPSA) is 33.5 Å². The number of quaternary nitrogens is 1. The van der Waals surface area contributed by atoms with Crippen molar-refractivity contribution < 1.29 is 9.69 Å². The van der Waals surface area contributed by atoms with Crippen LogP contribution >= 0.6 is 34.8 Å². The summed E-state index contributed by atoms with van der Waals surface area (Å²) >= 11 is 18.0. The maximum absolute atomic E-state index is 12.3. The Morgan fingerprint density at radius 3 is 2.31 bits per heavy atom. The van der Waals surface area contributed by atoms with Crippen molar-refractivity contribution in [2.24, 2.45) is 0 Å². The van der Waals surface area contributed by atoms with E-state index < -0.39 is 0 Å². The van der Waals surface area contributed by atoms with Crippen LogP contribution in [-0.4, -0.2) is 25.0 Å². The highest BCUT2D eigenvalue weighted by molar-refractivity contribution is 6.35. The van der Waals surface area contributed by atoms with Gasteiger partial charge in [0.2, 0.25) is 5.91 Å². The first kappa shape index (κ1) is 19.5. The Kier molecular flexibility index (Phi) is 6.82. The van der Waals surface area contributed by atoms with Gasteiger partial charge in [-0.1, -0.05) is 53.0 Å². The zero-order chi connectivity index (χ0) is 18.5. The highest BCUT2D eigenvalue weighted by Crippen LogP contribution is 2.21. The number of nitrogens with one attached hydrogen (secondary N) is 2. The van der Waals surface area contributed by atoms with Gasteiger partial charge in [-0.05, 0) is 29.8 Å². The second-order valence-corrected chi connectivity index (χ2v) is 8.09. The van der Waals surface area contributed by atoms with Crippen molar-refractivity contribution in [3.63, 3.8) is 0 Å². The first-order valence-electron chi connectivity index (χ1n) is 8.81. The summed E-state index contributed by atoms with van der Waals surface area (Å²) < 4.78 is 0. The van der Waals surface area contributed by atoms with E-state index in [1.54, 1.807) is 17.0 Å². The van der Waals surface area contributed by atoms with Crippen LogP contribution in [0.5, 0.6) is 0 Å². The number of carbonyl (C=O) groups is 1. The molecule has 1 saturated heterocycles. The van der Waals surface area contributed by atoms with E-state index in [4.69, 9.17) is 34.8 Å². The van der Waals surface area contributed by atoms with Crippen LogP contribution in [0.1, 0.15) is 24.0 Å². The SMILES string of the molecule is O=C(Cc1ccc(Cl)cc1Cl)NC1CC[NH+](Cc2ccc(Cl)cc2)CC1. The van der Waals surface area contributed by atoms with Gasteiger partial charge in [0.25, 0.3) is 0 Å². The van der Waals surface area contributed by atoms with Crippen molar-refractivity contribution in [1.82, 2.24) is 5.32 Å². The lowest BCUT2D eigenvalue weighted by molar-refractivity contribution is -0.918. The fourth-order valence-corrected chi connectivity index (χ4v) is 3.96. The van der Waals surface area contributed by atoms with Crippen molar-refractivity contribution >= 4 is 40.7 Å². The van der Waals surface area contributed by atoms with Crippen LogP contribution in [0.4, 0.5) is 0 Å². The zero-order valence-electron chi connectivity index (χ0n) is 14.4. The second-order valence-electron chi connectivity index (χ2n) is 6.81. The maximum Gasteiger partial charge on any atom is 0.224 e. The van der Waals surface area contributed by atoms with Crippen molar-refractivity contribution in [2.45, 2.75) is 31.8 Å². The fraction of sp³-hybridized carbons (Fsp3) is 0.350. The summed E-state index contributed by atoms with van der Waals surface area (Å²) in [5.74, 6) is 0.0142. The van der Waals surface area contributed by atoms with E-state index in [9.17, 15) is 4.79 Å². The van der Waals surface area contributed by atoms with E-state index in [2.05, 4.69) is 17.4 Å². The quantitative estimate of drug-likeness (QED) is 0.773. The Labute approximate surface area is 169 Å². The normalized spacial score (nSPS) is 20.0. The van der Waals surface area contributed by atoms with Gasteiger partial charge >= 0.3 is 0 Å². The summed E-state index contributed by atoms with van der Waals surface area (Å²) in [4.78, 5) is 13.8. The monoisotopic (exact) mass is 411 g/mol. The molecule has 0 saturated carbocycles. The molecule has 2 aromatic carbocycles. The maximum atomic E-state index is 12.3. The van der Waals surface area contributed by atoms with E-state index >= 15 is 0 Å². The molecule has 0 atom stereocenters. The number of likely N-dealkylation sites (tertiary alicyclic amines) is 1. The summed E-state index contributed by atoms with van der Waals surface area (Å²) in [6, 6.07) is 13.5. The summed E-state index contributed by atoms with van der Waals surface area (Å²) in [6.07, 6.45) is 2.26. The van der Waals surface area contributed by atoms with Crippen LogP contribution < -0.4 is 10.2 Å². The third-order valence-electron chi connectivity index (χ3n) is 4.79. The molecule has 6 heteroatoms. The lowest BCUT2D eigenvalue weighted by Crippen LogP contribution is -3.12. The van der Waals surface area contributed by atoms with E-state index in [1.165, 1.54) is 5.56 Å². The number of amides is 1. The van der Waals surface area contributed by atoms with Crippen LogP contribution in [0, 0.1) is 0 Å². The van der Waals surface area contributed by atoms with Gasteiger partial charge in [0.05, 0.1) is 19.5 Å². The molecule has 1 aliphatic heterocycles. The van der Waals surface area contributed by atoms with E-state index in [0.29, 0.717) is 10.0 Å². The minimum absolute atomic E-state index is 0.0142. The first-order valence-corrected chi connectivity index (χ1v) is 9.94. The predicted octanol–water partition coefficient (Wildman–Crippen LogP) is 3.55. The van der Waals surface area contributed by atoms with E-state index in [0.717, 1.165) is 43.1 Å². The summed E-state index contributed by atoms with van der Waals surface area (Å²) in [5, 5.41) is 5.02. The molecule has 1 aliphatic rings. The van der Waals surface area contributed by atoms with E-state index in [1.807, 2.05) is 18.2 Å². The molecule has 1 amide bonds. The molecular formula is C20H22Cl3N2O+. The van der Waals surface area contributed by atoms with Crippen molar-refractivity contribution in [2.75, 3.05) is 13.1 Å². The number of hydrogen-bond donors (Lipinski definition) is 2. The molecule has 0 aliphatic carbocycles. The molecule has 0 unspecified atom stereocenters. The molecule has 1 heterocycles. The number of benzene rings is 2. The Hall–Kier alpha value is -1.26. The first-order chi connectivity index (χ1) is 12.5. The molecule has 0 aromatic heterocycles. The Morgan fingerprint density at radius 1 is 1.00 bits per heavy atom. The highest BCUT2D eigenvalue weighted by atomic mass is 35.5. The summed E-state index contributed by atoms with van der Waals surface area (Å²) in [7, 11) is 0. The predicted molar refractivity (Wildman–Crippen MR) is 107 cm³/mol. The lowest BCUT2D eigenvalue weighted by atomic mass is 10.0. The van der Waals surface area contributed by atoms with Gasteiger partial charge in [0.1, 0.15) is 6.54 Å². The molecule has 3 rings (SSSR count). The number of rotatable bonds is 5. The van der Waals surface area contributed by atoms with E-state index in [-0.39, 0.29) is 18.4 Å². The molecular weight excluding hydrogens is 391 g/mol. The van der Waals surface area contributed by atoms with Crippen LogP contribution in [0.15, 0.2) is 42.5 Å². The average molecular weight is 413 g/mol. The van der Waals surface area contributed by atoms with Gasteiger partial charge in [-0.25, -0.2) is 0 Å². The lowest BCUT2D eigenvalue weighted by Gasteiger charge is -2.30. The average Bonchev–Trinajstić information content (AvgIpc) is 2.61. The van der Waals surface area contributed by atoms with Crippen LogP contribution in [0.2, 0.25) is 15.1 Å².